The monoisotopic (exact) mass is 289 g/mol. The van der Waals surface area contributed by atoms with E-state index in [1.54, 1.807) is 14.2 Å². The van der Waals surface area contributed by atoms with E-state index in [4.69, 9.17) is 9.47 Å². The number of nitrogens with one attached hydrogen (secondary N) is 1. The molecule has 21 heavy (non-hydrogen) atoms. The summed E-state index contributed by atoms with van der Waals surface area (Å²) in [6.45, 7) is 5.88. The number of hydrogen-bond donors (Lipinski definition) is 1. The second-order valence-corrected chi connectivity index (χ2v) is 4.86. The molecule has 0 bridgehead atoms. The van der Waals surface area contributed by atoms with Gasteiger partial charge in [-0.3, -0.25) is 4.68 Å². The minimum Gasteiger partial charge on any atom is -0.493 e. The number of hydrogen-bond acceptors (Lipinski definition) is 4. The molecule has 2 rings (SSSR count). The van der Waals surface area contributed by atoms with Gasteiger partial charge in [-0.25, -0.2) is 0 Å². The highest BCUT2D eigenvalue weighted by atomic mass is 16.5. The van der Waals surface area contributed by atoms with E-state index in [1.165, 1.54) is 5.69 Å². The van der Waals surface area contributed by atoms with Gasteiger partial charge in [-0.2, -0.15) is 5.10 Å². The van der Waals surface area contributed by atoms with Crippen LogP contribution in [0, 0.1) is 0 Å². The van der Waals surface area contributed by atoms with Crippen molar-refractivity contribution in [3.05, 3.63) is 41.7 Å². The molecular weight excluding hydrogens is 266 g/mol. The van der Waals surface area contributed by atoms with Gasteiger partial charge >= 0.3 is 0 Å². The van der Waals surface area contributed by atoms with E-state index in [-0.39, 0.29) is 6.04 Å². The Labute approximate surface area is 125 Å². The molecule has 1 aromatic carbocycles. The number of ether oxygens (including phenoxy) is 2. The molecular formula is C16H23N3O2. The van der Waals surface area contributed by atoms with Crippen LogP contribution >= 0.6 is 0 Å². The quantitative estimate of drug-likeness (QED) is 0.851. The van der Waals surface area contributed by atoms with Gasteiger partial charge in [0.2, 0.25) is 0 Å². The lowest BCUT2D eigenvalue weighted by atomic mass is 10.1. The lowest BCUT2D eigenvalue weighted by molar-refractivity contribution is 0.354. The first kappa shape index (κ1) is 15.4. The molecule has 0 saturated carbocycles. The van der Waals surface area contributed by atoms with Gasteiger partial charge in [0.15, 0.2) is 11.5 Å². The van der Waals surface area contributed by atoms with Crippen LogP contribution in [0.3, 0.4) is 0 Å². The first-order chi connectivity index (χ1) is 10.2. The number of methoxy groups -OCH3 is 2. The Bertz CT molecular complexity index is 581. The van der Waals surface area contributed by atoms with Gasteiger partial charge in [-0.05, 0) is 37.6 Å². The van der Waals surface area contributed by atoms with Gasteiger partial charge in [0, 0.05) is 25.3 Å². The van der Waals surface area contributed by atoms with E-state index >= 15 is 0 Å². The average Bonchev–Trinajstić information content (AvgIpc) is 3.00. The van der Waals surface area contributed by atoms with Crippen LogP contribution in [0.5, 0.6) is 11.5 Å². The van der Waals surface area contributed by atoms with Crippen molar-refractivity contribution in [1.29, 1.82) is 0 Å². The van der Waals surface area contributed by atoms with Crippen molar-refractivity contribution in [1.82, 2.24) is 15.1 Å². The van der Waals surface area contributed by atoms with Crippen LogP contribution in [0.1, 0.15) is 31.1 Å². The SMILES string of the molecule is CCn1nccc1C(C)NCc1ccc(OC)c(OC)c1. The Morgan fingerprint density at radius 3 is 2.62 bits per heavy atom. The predicted octanol–water partition coefficient (Wildman–Crippen LogP) is 2.77. The molecule has 114 valence electrons. The van der Waals surface area contributed by atoms with E-state index < -0.39 is 0 Å². The molecule has 0 aliphatic carbocycles. The van der Waals surface area contributed by atoms with E-state index in [1.807, 2.05) is 29.1 Å². The van der Waals surface area contributed by atoms with Crippen LogP contribution in [0.4, 0.5) is 0 Å². The second kappa shape index (κ2) is 7.13. The van der Waals surface area contributed by atoms with E-state index in [2.05, 4.69) is 30.3 Å². The average molecular weight is 289 g/mol. The Morgan fingerprint density at radius 1 is 1.19 bits per heavy atom. The van der Waals surface area contributed by atoms with Gasteiger partial charge < -0.3 is 14.8 Å². The zero-order valence-corrected chi connectivity index (χ0v) is 13.1. The molecule has 0 saturated heterocycles. The molecule has 0 amide bonds. The molecule has 5 nitrogen and oxygen atoms in total. The van der Waals surface area contributed by atoms with Crippen molar-refractivity contribution in [2.45, 2.75) is 33.0 Å². The largest absolute Gasteiger partial charge is 0.493 e. The molecule has 1 heterocycles. The summed E-state index contributed by atoms with van der Waals surface area (Å²) in [5.74, 6) is 1.50. The summed E-state index contributed by atoms with van der Waals surface area (Å²) < 4.78 is 12.6. The first-order valence-electron chi connectivity index (χ1n) is 7.15. The molecule has 0 aliphatic heterocycles. The van der Waals surface area contributed by atoms with Crippen molar-refractivity contribution < 1.29 is 9.47 Å². The first-order valence-corrected chi connectivity index (χ1v) is 7.15. The molecule has 2 aromatic rings. The summed E-state index contributed by atoms with van der Waals surface area (Å²) in [7, 11) is 3.29. The van der Waals surface area contributed by atoms with Gasteiger partial charge in [0.05, 0.1) is 19.9 Å². The van der Waals surface area contributed by atoms with Crippen molar-refractivity contribution >= 4 is 0 Å². The summed E-state index contributed by atoms with van der Waals surface area (Å²) >= 11 is 0. The Balaban J connectivity index is 2.02. The van der Waals surface area contributed by atoms with Crippen LogP contribution < -0.4 is 14.8 Å². The highest BCUT2D eigenvalue weighted by Crippen LogP contribution is 2.27. The maximum atomic E-state index is 5.33. The van der Waals surface area contributed by atoms with Crippen LogP contribution in [-0.2, 0) is 13.1 Å². The minimum atomic E-state index is 0.237. The van der Waals surface area contributed by atoms with E-state index in [0.717, 1.165) is 30.2 Å². The fraction of sp³-hybridized carbons (Fsp3) is 0.438. The smallest absolute Gasteiger partial charge is 0.161 e. The Kier molecular flexibility index (Phi) is 5.22. The molecule has 0 aliphatic rings. The lowest BCUT2D eigenvalue weighted by Gasteiger charge is -2.16. The standard InChI is InChI=1S/C16H23N3O2/c1-5-19-14(8-9-18-19)12(2)17-11-13-6-7-15(20-3)16(10-13)21-4/h6-10,12,17H,5,11H2,1-4H3. The Hall–Kier alpha value is -2.01. The van der Waals surface area contributed by atoms with Gasteiger partial charge in [0.25, 0.3) is 0 Å². The third-order valence-corrected chi connectivity index (χ3v) is 3.55. The third-order valence-electron chi connectivity index (χ3n) is 3.55. The fourth-order valence-electron chi connectivity index (χ4n) is 2.34. The van der Waals surface area contributed by atoms with Gasteiger partial charge in [-0.15, -0.1) is 0 Å². The number of benzene rings is 1. The summed E-state index contributed by atoms with van der Waals surface area (Å²) in [5, 5.41) is 7.81. The molecule has 0 fully saturated rings. The lowest BCUT2D eigenvalue weighted by Crippen LogP contribution is -2.21. The highest BCUT2D eigenvalue weighted by molar-refractivity contribution is 5.42. The van der Waals surface area contributed by atoms with Crippen molar-refractivity contribution in [3.8, 4) is 11.5 Å². The molecule has 1 N–H and O–H groups in total. The van der Waals surface area contributed by atoms with E-state index in [9.17, 15) is 0 Å². The van der Waals surface area contributed by atoms with Gasteiger partial charge in [0.1, 0.15) is 0 Å². The minimum absolute atomic E-state index is 0.237. The molecule has 1 atom stereocenters. The molecule has 5 heteroatoms. The maximum Gasteiger partial charge on any atom is 0.161 e. The summed E-state index contributed by atoms with van der Waals surface area (Å²) in [6, 6.07) is 8.25. The maximum absolute atomic E-state index is 5.33. The topological polar surface area (TPSA) is 48.3 Å². The highest BCUT2D eigenvalue weighted by Gasteiger charge is 2.10. The number of nitrogens with zero attached hydrogens (tertiary/aromatic N) is 2. The molecule has 0 spiro atoms. The van der Waals surface area contributed by atoms with Gasteiger partial charge in [-0.1, -0.05) is 6.07 Å². The van der Waals surface area contributed by atoms with Crippen LogP contribution in [0.15, 0.2) is 30.5 Å². The van der Waals surface area contributed by atoms with Crippen molar-refractivity contribution in [3.63, 3.8) is 0 Å². The normalized spacial score (nSPS) is 12.2. The second-order valence-electron chi connectivity index (χ2n) is 4.86. The summed E-state index contributed by atoms with van der Waals surface area (Å²) in [4.78, 5) is 0. The third kappa shape index (κ3) is 3.55. The zero-order valence-electron chi connectivity index (χ0n) is 13.1. The van der Waals surface area contributed by atoms with Crippen molar-refractivity contribution in [2.75, 3.05) is 14.2 Å². The molecule has 0 radical (unpaired) electrons. The predicted molar refractivity (Wildman–Crippen MR) is 82.7 cm³/mol. The summed E-state index contributed by atoms with van der Waals surface area (Å²) in [6.07, 6.45) is 1.84. The molecule has 1 aromatic heterocycles. The number of aromatic nitrogens is 2. The Morgan fingerprint density at radius 2 is 1.95 bits per heavy atom. The number of aryl methyl sites for hydroxylation is 1. The van der Waals surface area contributed by atoms with Crippen LogP contribution in [0.25, 0.3) is 0 Å². The van der Waals surface area contributed by atoms with Crippen LogP contribution in [0.2, 0.25) is 0 Å². The number of rotatable bonds is 7. The molecule has 1 unspecified atom stereocenters. The van der Waals surface area contributed by atoms with E-state index in [0.29, 0.717) is 0 Å². The zero-order chi connectivity index (χ0) is 15.2. The van der Waals surface area contributed by atoms with Crippen molar-refractivity contribution in [2.24, 2.45) is 0 Å². The van der Waals surface area contributed by atoms with Crippen LogP contribution in [-0.4, -0.2) is 24.0 Å². The fourth-order valence-corrected chi connectivity index (χ4v) is 2.34. The summed E-state index contributed by atoms with van der Waals surface area (Å²) in [5.41, 5.74) is 2.35.